The molecule has 0 spiro atoms. The molecule has 0 fully saturated rings. The maximum Gasteiger partial charge on any atom is 0.419 e. The summed E-state index contributed by atoms with van der Waals surface area (Å²) in [6.45, 7) is 0.507. The normalized spacial score (nSPS) is 11.8. The summed E-state index contributed by atoms with van der Waals surface area (Å²) in [4.78, 5) is 0. The van der Waals surface area contributed by atoms with Gasteiger partial charge in [0.05, 0.1) is 5.56 Å². The van der Waals surface area contributed by atoms with Crippen molar-refractivity contribution in [1.82, 2.24) is 0 Å². The van der Waals surface area contributed by atoms with Crippen molar-refractivity contribution in [2.75, 3.05) is 6.54 Å². The average Bonchev–Trinajstić information content (AvgIpc) is 2.19. The summed E-state index contributed by atoms with van der Waals surface area (Å²) in [6, 6.07) is 3.10. The molecule has 0 heterocycles. The lowest BCUT2D eigenvalue weighted by Crippen LogP contribution is -2.09. The molecule has 0 unspecified atom stereocenters. The van der Waals surface area contributed by atoms with Gasteiger partial charge in [0.1, 0.15) is 5.82 Å². The SMILES string of the molecule is NCCCCc1ccc(F)c(C(F)(F)F)c1. The quantitative estimate of drug-likeness (QED) is 0.629. The lowest BCUT2D eigenvalue weighted by Gasteiger charge is -2.09. The highest BCUT2D eigenvalue weighted by Gasteiger charge is 2.34. The van der Waals surface area contributed by atoms with Gasteiger partial charge in [0, 0.05) is 0 Å². The molecule has 0 saturated carbocycles. The Morgan fingerprint density at radius 3 is 2.38 bits per heavy atom. The first kappa shape index (κ1) is 13.0. The summed E-state index contributed by atoms with van der Waals surface area (Å²) in [6.07, 6.45) is -2.69. The molecule has 2 N–H and O–H groups in total. The van der Waals surface area contributed by atoms with Crippen molar-refractivity contribution >= 4 is 0 Å². The summed E-state index contributed by atoms with van der Waals surface area (Å²) < 4.78 is 50.0. The van der Waals surface area contributed by atoms with Crippen LogP contribution in [0.4, 0.5) is 17.6 Å². The van der Waals surface area contributed by atoms with E-state index in [9.17, 15) is 17.6 Å². The van der Waals surface area contributed by atoms with E-state index < -0.39 is 17.6 Å². The van der Waals surface area contributed by atoms with Crippen LogP contribution in [0.25, 0.3) is 0 Å². The second-order valence-corrected chi connectivity index (χ2v) is 3.56. The molecule has 0 atom stereocenters. The first-order valence-electron chi connectivity index (χ1n) is 5.01. The highest BCUT2D eigenvalue weighted by molar-refractivity contribution is 5.27. The van der Waals surface area contributed by atoms with Crippen LogP contribution in [0.3, 0.4) is 0 Å². The van der Waals surface area contributed by atoms with Crippen molar-refractivity contribution in [3.05, 3.63) is 35.1 Å². The van der Waals surface area contributed by atoms with Gasteiger partial charge in [0.2, 0.25) is 0 Å². The van der Waals surface area contributed by atoms with Gasteiger partial charge in [0.15, 0.2) is 0 Å². The Kier molecular flexibility index (Phi) is 4.29. The monoisotopic (exact) mass is 235 g/mol. The number of unbranched alkanes of at least 4 members (excludes halogenated alkanes) is 1. The number of benzene rings is 1. The lowest BCUT2D eigenvalue weighted by molar-refractivity contribution is -0.140. The maximum absolute atomic E-state index is 12.9. The van der Waals surface area contributed by atoms with E-state index in [1.54, 1.807) is 0 Å². The molecule has 1 aromatic rings. The average molecular weight is 235 g/mol. The Bertz CT molecular complexity index is 346. The van der Waals surface area contributed by atoms with Crippen LogP contribution in [0, 0.1) is 5.82 Å². The lowest BCUT2D eigenvalue weighted by atomic mass is 10.0. The molecule has 1 rings (SSSR count). The minimum Gasteiger partial charge on any atom is -0.330 e. The van der Waals surface area contributed by atoms with Crippen LogP contribution < -0.4 is 5.73 Å². The number of hydrogen-bond donors (Lipinski definition) is 1. The second kappa shape index (κ2) is 5.30. The summed E-state index contributed by atoms with van der Waals surface area (Å²) >= 11 is 0. The first-order valence-corrected chi connectivity index (χ1v) is 5.01. The van der Waals surface area contributed by atoms with Crippen LogP contribution in [0.1, 0.15) is 24.0 Å². The molecule has 1 aromatic carbocycles. The Balaban J connectivity index is 2.82. The topological polar surface area (TPSA) is 26.0 Å². The van der Waals surface area contributed by atoms with Gasteiger partial charge in [-0.15, -0.1) is 0 Å². The Hall–Kier alpha value is -1.10. The number of halogens is 4. The molecular weight excluding hydrogens is 222 g/mol. The van der Waals surface area contributed by atoms with Crippen molar-refractivity contribution in [2.45, 2.75) is 25.4 Å². The fourth-order valence-corrected chi connectivity index (χ4v) is 1.42. The number of aryl methyl sites for hydroxylation is 1. The van der Waals surface area contributed by atoms with E-state index in [4.69, 9.17) is 5.73 Å². The van der Waals surface area contributed by atoms with Gasteiger partial charge in [-0.05, 0) is 43.5 Å². The third kappa shape index (κ3) is 3.48. The zero-order valence-corrected chi connectivity index (χ0v) is 8.65. The highest BCUT2D eigenvalue weighted by Crippen LogP contribution is 2.32. The maximum atomic E-state index is 12.9. The molecule has 0 saturated heterocycles. The van der Waals surface area contributed by atoms with E-state index in [1.807, 2.05) is 0 Å². The summed E-state index contributed by atoms with van der Waals surface area (Å²) in [5.41, 5.74) is 4.57. The number of hydrogen-bond acceptors (Lipinski definition) is 1. The second-order valence-electron chi connectivity index (χ2n) is 3.56. The predicted octanol–water partition coefficient (Wildman–Crippen LogP) is 3.13. The van der Waals surface area contributed by atoms with Crippen LogP contribution in [0.5, 0.6) is 0 Å². The first-order chi connectivity index (χ1) is 7.45. The molecule has 0 aliphatic rings. The van der Waals surface area contributed by atoms with Gasteiger partial charge in [-0.25, -0.2) is 4.39 Å². The van der Waals surface area contributed by atoms with Gasteiger partial charge in [0.25, 0.3) is 0 Å². The Morgan fingerprint density at radius 1 is 1.12 bits per heavy atom. The molecule has 90 valence electrons. The summed E-state index contributed by atoms with van der Waals surface area (Å²) in [7, 11) is 0. The van der Waals surface area contributed by atoms with Crippen molar-refractivity contribution in [1.29, 1.82) is 0 Å². The zero-order valence-electron chi connectivity index (χ0n) is 8.65. The standard InChI is InChI=1S/C11H13F4N/c12-10-5-4-8(3-1-2-6-16)7-9(10)11(13,14)15/h4-5,7H,1-3,6,16H2. The van der Waals surface area contributed by atoms with Crippen LogP contribution in [0.2, 0.25) is 0 Å². The Morgan fingerprint density at radius 2 is 1.81 bits per heavy atom. The molecule has 16 heavy (non-hydrogen) atoms. The highest BCUT2D eigenvalue weighted by atomic mass is 19.4. The predicted molar refractivity (Wildman–Crippen MR) is 53.4 cm³/mol. The fourth-order valence-electron chi connectivity index (χ4n) is 1.42. The van der Waals surface area contributed by atoms with Crippen LogP contribution in [-0.2, 0) is 12.6 Å². The zero-order chi connectivity index (χ0) is 12.2. The van der Waals surface area contributed by atoms with E-state index in [1.165, 1.54) is 6.07 Å². The third-order valence-corrected chi connectivity index (χ3v) is 2.26. The number of alkyl halides is 3. The van der Waals surface area contributed by atoms with Crippen LogP contribution in [-0.4, -0.2) is 6.54 Å². The molecule has 0 aliphatic carbocycles. The Labute approximate surface area is 91.3 Å². The molecule has 0 bridgehead atoms. The minimum absolute atomic E-state index is 0.487. The molecule has 0 aliphatic heterocycles. The number of rotatable bonds is 4. The van der Waals surface area contributed by atoms with Crippen LogP contribution in [0.15, 0.2) is 18.2 Å². The molecule has 0 aromatic heterocycles. The van der Waals surface area contributed by atoms with Gasteiger partial charge >= 0.3 is 6.18 Å². The molecule has 0 amide bonds. The van der Waals surface area contributed by atoms with E-state index in [-0.39, 0.29) is 0 Å². The largest absolute Gasteiger partial charge is 0.419 e. The number of nitrogens with two attached hydrogens (primary N) is 1. The van der Waals surface area contributed by atoms with Gasteiger partial charge in [-0.1, -0.05) is 6.07 Å². The van der Waals surface area contributed by atoms with Gasteiger partial charge in [-0.3, -0.25) is 0 Å². The van der Waals surface area contributed by atoms with Crippen molar-refractivity contribution in [2.24, 2.45) is 5.73 Å². The van der Waals surface area contributed by atoms with Crippen molar-refractivity contribution in [3.8, 4) is 0 Å². The van der Waals surface area contributed by atoms with Gasteiger partial charge < -0.3 is 5.73 Å². The van der Waals surface area contributed by atoms with E-state index in [0.29, 0.717) is 24.9 Å². The minimum atomic E-state index is -4.63. The fraction of sp³-hybridized carbons (Fsp3) is 0.455. The van der Waals surface area contributed by atoms with Gasteiger partial charge in [-0.2, -0.15) is 13.2 Å². The van der Waals surface area contributed by atoms with Crippen molar-refractivity contribution in [3.63, 3.8) is 0 Å². The summed E-state index contributed by atoms with van der Waals surface area (Å²) in [5.74, 6) is -1.23. The van der Waals surface area contributed by atoms with E-state index in [0.717, 1.165) is 18.6 Å². The molecular formula is C11H13F4N. The van der Waals surface area contributed by atoms with Crippen LogP contribution >= 0.6 is 0 Å². The van der Waals surface area contributed by atoms with Crippen molar-refractivity contribution < 1.29 is 17.6 Å². The van der Waals surface area contributed by atoms with E-state index in [2.05, 4.69) is 0 Å². The molecule has 0 radical (unpaired) electrons. The molecule has 5 heteroatoms. The molecule has 1 nitrogen and oxygen atoms in total. The summed E-state index contributed by atoms with van der Waals surface area (Å²) in [5, 5.41) is 0. The third-order valence-electron chi connectivity index (χ3n) is 2.26. The smallest absolute Gasteiger partial charge is 0.330 e. The van der Waals surface area contributed by atoms with E-state index >= 15 is 0 Å².